The Kier molecular flexibility index (Phi) is 3.60. The maximum atomic E-state index is 11.7. The Labute approximate surface area is 109 Å². The molecule has 100 valence electrons. The Morgan fingerprint density at radius 2 is 2.26 bits per heavy atom. The van der Waals surface area contributed by atoms with Crippen LogP contribution >= 0.6 is 0 Å². The van der Waals surface area contributed by atoms with Crippen LogP contribution in [-0.2, 0) is 11.8 Å². The average molecular weight is 263 g/mol. The predicted molar refractivity (Wildman–Crippen MR) is 65.7 cm³/mol. The molecule has 2 N–H and O–H groups in total. The van der Waals surface area contributed by atoms with Crippen molar-refractivity contribution < 1.29 is 14.3 Å². The van der Waals surface area contributed by atoms with Crippen LogP contribution in [0, 0.1) is 0 Å². The van der Waals surface area contributed by atoms with Crippen LogP contribution in [0.25, 0.3) is 0 Å². The van der Waals surface area contributed by atoms with Crippen molar-refractivity contribution in [3.8, 4) is 11.9 Å². The van der Waals surface area contributed by atoms with Crippen molar-refractivity contribution in [2.45, 2.75) is 6.92 Å². The van der Waals surface area contributed by atoms with Crippen molar-refractivity contribution in [2.75, 3.05) is 12.3 Å². The Morgan fingerprint density at radius 3 is 2.89 bits per heavy atom. The fourth-order valence-electron chi connectivity index (χ4n) is 1.37. The Balaban J connectivity index is 2.27. The fraction of sp³-hybridized carbons (Fsp3) is 0.273. The van der Waals surface area contributed by atoms with Gasteiger partial charge in [-0.25, -0.2) is 9.78 Å². The minimum Gasteiger partial charge on any atom is -0.462 e. The van der Waals surface area contributed by atoms with Gasteiger partial charge in [0.2, 0.25) is 5.88 Å². The number of pyridine rings is 1. The molecular formula is C11H13N5O3. The second-order valence-corrected chi connectivity index (χ2v) is 3.60. The van der Waals surface area contributed by atoms with Crippen LogP contribution in [0.15, 0.2) is 18.6 Å². The Morgan fingerprint density at radius 1 is 1.47 bits per heavy atom. The van der Waals surface area contributed by atoms with Crippen molar-refractivity contribution in [2.24, 2.45) is 7.05 Å². The van der Waals surface area contributed by atoms with E-state index in [1.54, 1.807) is 14.0 Å². The summed E-state index contributed by atoms with van der Waals surface area (Å²) in [5, 5.41) is 3.93. The highest BCUT2D eigenvalue weighted by Crippen LogP contribution is 2.26. The predicted octanol–water partition coefficient (Wildman–Crippen LogP) is 0.761. The van der Waals surface area contributed by atoms with Crippen molar-refractivity contribution >= 4 is 11.7 Å². The number of aromatic nitrogens is 4. The number of hydrogen-bond acceptors (Lipinski definition) is 7. The zero-order valence-electron chi connectivity index (χ0n) is 10.5. The van der Waals surface area contributed by atoms with E-state index < -0.39 is 5.97 Å². The summed E-state index contributed by atoms with van der Waals surface area (Å²) in [5.74, 6) is -0.460. The molecule has 8 nitrogen and oxygen atoms in total. The van der Waals surface area contributed by atoms with E-state index in [2.05, 4.69) is 15.1 Å². The third kappa shape index (κ3) is 2.79. The Bertz CT molecular complexity index is 596. The number of anilines is 1. The molecule has 2 heterocycles. The summed E-state index contributed by atoms with van der Waals surface area (Å²) in [5.41, 5.74) is 6.11. The lowest BCUT2D eigenvalue weighted by molar-refractivity contribution is 0.0527. The first kappa shape index (κ1) is 12.8. The molecule has 2 aromatic rings. The van der Waals surface area contributed by atoms with Crippen molar-refractivity contribution in [3.63, 3.8) is 0 Å². The minimum atomic E-state index is -0.527. The van der Waals surface area contributed by atoms with Gasteiger partial charge < -0.3 is 15.2 Å². The monoisotopic (exact) mass is 263 g/mol. The maximum absolute atomic E-state index is 11.7. The van der Waals surface area contributed by atoms with Crippen LogP contribution < -0.4 is 10.5 Å². The number of aryl methyl sites for hydroxylation is 1. The van der Waals surface area contributed by atoms with Crippen molar-refractivity contribution in [1.29, 1.82) is 0 Å². The molecule has 0 radical (unpaired) electrons. The second kappa shape index (κ2) is 5.34. The zero-order chi connectivity index (χ0) is 13.8. The molecule has 0 fully saturated rings. The summed E-state index contributed by atoms with van der Waals surface area (Å²) in [6, 6.07) is 1.56. The van der Waals surface area contributed by atoms with Crippen LogP contribution in [0.3, 0.4) is 0 Å². The number of carbonyl (C=O) groups is 1. The van der Waals surface area contributed by atoms with E-state index in [0.717, 1.165) is 0 Å². The van der Waals surface area contributed by atoms with E-state index in [9.17, 15) is 4.79 Å². The quantitative estimate of drug-likeness (QED) is 0.812. The molecule has 0 atom stereocenters. The molecule has 0 saturated heterocycles. The van der Waals surface area contributed by atoms with Gasteiger partial charge in [-0.15, -0.1) is 5.10 Å². The number of ether oxygens (including phenoxy) is 2. The lowest BCUT2D eigenvalue weighted by Crippen LogP contribution is -2.09. The molecule has 2 rings (SSSR count). The highest BCUT2D eigenvalue weighted by atomic mass is 16.5. The number of esters is 1. The molecule has 0 aliphatic rings. The second-order valence-electron chi connectivity index (χ2n) is 3.60. The smallest absolute Gasteiger partial charge is 0.342 e. The van der Waals surface area contributed by atoms with E-state index in [-0.39, 0.29) is 29.7 Å². The van der Waals surface area contributed by atoms with E-state index in [1.165, 1.54) is 23.3 Å². The van der Waals surface area contributed by atoms with Gasteiger partial charge in [-0.1, -0.05) is 0 Å². The van der Waals surface area contributed by atoms with Gasteiger partial charge in [0.1, 0.15) is 12.0 Å². The van der Waals surface area contributed by atoms with Gasteiger partial charge in [0, 0.05) is 13.2 Å². The van der Waals surface area contributed by atoms with Crippen molar-refractivity contribution in [1.82, 2.24) is 19.7 Å². The Hall–Kier alpha value is -2.64. The molecule has 0 bridgehead atoms. The molecule has 19 heavy (non-hydrogen) atoms. The fourth-order valence-corrected chi connectivity index (χ4v) is 1.37. The van der Waals surface area contributed by atoms with Crippen LogP contribution in [0.5, 0.6) is 11.9 Å². The van der Waals surface area contributed by atoms with Crippen LogP contribution in [0.4, 0.5) is 5.69 Å². The van der Waals surface area contributed by atoms with Crippen molar-refractivity contribution in [3.05, 3.63) is 24.2 Å². The number of nitrogens with two attached hydrogens (primary N) is 1. The van der Waals surface area contributed by atoms with Crippen LogP contribution in [0.1, 0.15) is 17.3 Å². The average Bonchev–Trinajstić information content (AvgIpc) is 2.78. The molecule has 0 unspecified atom stereocenters. The van der Waals surface area contributed by atoms with Gasteiger partial charge in [-0.05, 0) is 13.0 Å². The van der Waals surface area contributed by atoms with E-state index in [0.29, 0.717) is 0 Å². The molecule has 0 aromatic carbocycles. The summed E-state index contributed by atoms with van der Waals surface area (Å²) in [6.07, 6.45) is 2.88. The van der Waals surface area contributed by atoms with E-state index in [4.69, 9.17) is 15.2 Å². The van der Waals surface area contributed by atoms with E-state index in [1.807, 2.05) is 0 Å². The van der Waals surface area contributed by atoms with Gasteiger partial charge in [0.25, 0.3) is 0 Å². The normalized spacial score (nSPS) is 10.2. The first-order valence-corrected chi connectivity index (χ1v) is 5.57. The van der Waals surface area contributed by atoms with Gasteiger partial charge in [-0.3, -0.25) is 4.68 Å². The van der Waals surface area contributed by atoms with Gasteiger partial charge >= 0.3 is 12.0 Å². The number of rotatable bonds is 4. The molecule has 0 spiro atoms. The number of hydrogen-bond donors (Lipinski definition) is 1. The zero-order valence-corrected chi connectivity index (χ0v) is 10.5. The number of nitrogens with zero attached hydrogens (tertiary/aromatic N) is 4. The van der Waals surface area contributed by atoms with Gasteiger partial charge in [-0.2, -0.15) is 4.98 Å². The SMILES string of the molecule is CCOC(=O)c1ccnc(Oc2ncn(C)n2)c1N. The molecule has 8 heteroatoms. The first-order valence-electron chi connectivity index (χ1n) is 5.57. The highest BCUT2D eigenvalue weighted by molar-refractivity contribution is 5.96. The van der Waals surface area contributed by atoms with Crippen LogP contribution in [0.2, 0.25) is 0 Å². The van der Waals surface area contributed by atoms with Gasteiger partial charge in [0.05, 0.1) is 12.2 Å². The number of nitrogen functional groups attached to an aromatic ring is 1. The molecule has 0 aliphatic heterocycles. The van der Waals surface area contributed by atoms with Crippen LogP contribution in [-0.4, -0.2) is 32.3 Å². The first-order chi connectivity index (χ1) is 9.11. The number of carbonyl (C=O) groups excluding carboxylic acids is 1. The third-order valence-corrected chi connectivity index (χ3v) is 2.22. The highest BCUT2D eigenvalue weighted by Gasteiger charge is 2.16. The minimum absolute atomic E-state index is 0.0664. The molecule has 0 aliphatic carbocycles. The summed E-state index contributed by atoms with van der Waals surface area (Å²) >= 11 is 0. The topological polar surface area (TPSA) is 105 Å². The lowest BCUT2D eigenvalue weighted by atomic mass is 10.2. The third-order valence-electron chi connectivity index (χ3n) is 2.22. The summed E-state index contributed by atoms with van der Waals surface area (Å²) in [6.45, 7) is 1.98. The molecule has 0 saturated carbocycles. The summed E-state index contributed by atoms with van der Waals surface area (Å²) in [7, 11) is 1.70. The standard InChI is InChI=1S/C11H13N5O3/c1-3-18-10(17)7-4-5-13-9(8(7)12)19-11-14-6-16(2)15-11/h4-6H,3,12H2,1-2H3. The summed E-state index contributed by atoms with van der Waals surface area (Å²) < 4.78 is 11.7. The summed E-state index contributed by atoms with van der Waals surface area (Å²) in [4.78, 5) is 19.5. The van der Waals surface area contributed by atoms with E-state index >= 15 is 0 Å². The largest absolute Gasteiger partial charge is 0.462 e. The molecular weight excluding hydrogens is 250 g/mol. The van der Waals surface area contributed by atoms with Gasteiger partial charge in [0.15, 0.2) is 0 Å². The molecule has 0 amide bonds. The maximum Gasteiger partial charge on any atom is 0.342 e. The lowest BCUT2D eigenvalue weighted by Gasteiger charge is -2.08. The molecule has 2 aromatic heterocycles.